The highest BCUT2D eigenvalue weighted by molar-refractivity contribution is 5.92. The van der Waals surface area contributed by atoms with Gasteiger partial charge in [0.25, 0.3) is 5.56 Å². The summed E-state index contributed by atoms with van der Waals surface area (Å²) in [5.41, 5.74) is 0.804. The minimum atomic E-state index is -0.498. The van der Waals surface area contributed by atoms with Gasteiger partial charge in [0, 0.05) is 12.7 Å². The van der Waals surface area contributed by atoms with Crippen molar-refractivity contribution in [1.82, 2.24) is 24.5 Å². The number of rotatable bonds is 4. The van der Waals surface area contributed by atoms with Gasteiger partial charge in [-0.25, -0.2) is 9.37 Å². The number of hydrogen-bond donors (Lipinski definition) is 0. The second kappa shape index (κ2) is 7.03. The lowest BCUT2D eigenvalue weighted by Crippen LogP contribution is -2.34. The van der Waals surface area contributed by atoms with Gasteiger partial charge in [0.15, 0.2) is 11.2 Å². The van der Waals surface area contributed by atoms with Crippen LogP contribution in [0.4, 0.5) is 10.1 Å². The number of aromatic nitrogens is 5. The van der Waals surface area contributed by atoms with Crippen LogP contribution >= 0.6 is 0 Å². The molecule has 4 rings (SSSR count). The summed E-state index contributed by atoms with van der Waals surface area (Å²) in [6, 6.07) is 14.8. The molecule has 8 nitrogen and oxygen atoms in total. The first-order valence-corrected chi connectivity index (χ1v) is 8.43. The van der Waals surface area contributed by atoms with Gasteiger partial charge >= 0.3 is 0 Å². The van der Waals surface area contributed by atoms with Crippen LogP contribution in [0.15, 0.2) is 65.7 Å². The number of halogens is 1. The molecule has 1 amide bonds. The molecule has 0 radical (unpaired) electrons. The van der Waals surface area contributed by atoms with E-state index in [0.717, 1.165) is 0 Å². The molecule has 0 fully saturated rings. The van der Waals surface area contributed by atoms with Gasteiger partial charge in [-0.3, -0.25) is 14.2 Å². The average Bonchev–Trinajstić information content (AvgIpc) is 3.15. The number of likely N-dealkylation sites (N-methyl/N-ethyl adjacent to an activating group) is 1. The van der Waals surface area contributed by atoms with E-state index in [4.69, 9.17) is 0 Å². The lowest BCUT2D eigenvalue weighted by Gasteiger charge is -2.17. The molecular weight excluding hydrogens is 363 g/mol. The number of carbonyl (C=O) groups is 1. The molecule has 0 N–H and O–H groups in total. The normalized spacial score (nSPS) is 10.9. The van der Waals surface area contributed by atoms with Crippen molar-refractivity contribution in [3.05, 3.63) is 77.1 Å². The Bertz CT molecular complexity index is 1220. The van der Waals surface area contributed by atoms with E-state index < -0.39 is 11.4 Å². The van der Waals surface area contributed by atoms with Crippen molar-refractivity contribution in [2.75, 3.05) is 11.9 Å². The first-order valence-electron chi connectivity index (χ1n) is 8.43. The Morgan fingerprint density at radius 1 is 1.14 bits per heavy atom. The minimum absolute atomic E-state index is 0.00178. The molecule has 4 aromatic rings. The molecule has 0 aliphatic heterocycles. The quantitative estimate of drug-likeness (QED) is 0.540. The number of fused-ring (bicyclic) bond motifs is 1. The Kier molecular flexibility index (Phi) is 4.40. The van der Waals surface area contributed by atoms with Crippen molar-refractivity contribution < 1.29 is 9.18 Å². The Balaban J connectivity index is 1.66. The molecular formula is C19H15FN6O2. The molecule has 140 valence electrons. The van der Waals surface area contributed by atoms with Crippen LogP contribution in [0.5, 0.6) is 0 Å². The van der Waals surface area contributed by atoms with E-state index >= 15 is 0 Å². The predicted octanol–water partition coefficient (Wildman–Crippen LogP) is 1.78. The topological polar surface area (TPSA) is 85.9 Å². The summed E-state index contributed by atoms with van der Waals surface area (Å²) in [4.78, 5) is 30.9. The van der Waals surface area contributed by atoms with Crippen LogP contribution in [0.3, 0.4) is 0 Å². The molecule has 0 aliphatic rings. The molecule has 0 aliphatic carbocycles. The van der Waals surface area contributed by atoms with Crippen LogP contribution < -0.4 is 10.5 Å². The fourth-order valence-electron chi connectivity index (χ4n) is 2.79. The van der Waals surface area contributed by atoms with Crippen LogP contribution in [0, 0.1) is 5.82 Å². The molecule has 2 aromatic carbocycles. The second-order valence-electron chi connectivity index (χ2n) is 6.12. The largest absolute Gasteiger partial charge is 0.314 e. The molecule has 0 unspecified atom stereocenters. The number of carbonyl (C=O) groups excluding carboxylic acids is 1. The SMILES string of the molecule is CN(C(=O)Cn1cnc2c(nnn2-c2cccc(F)c2)c1=O)c1ccccc1. The molecule has 0 bridgehead atoms. The first kappa shape index (κ1) is 17.5. The predicted molar refractivity (Wildman–Crippen MR) is 101 cm³/mol. The van der Waals surface area contributed by atoms with Crippen LogP contribution in [0.2, 0.25) is 0 Å². The van der Waals surface area contributed by atoms with Gasteiger partial charge in [-0.05, 0) is 30.3 Å². The Morgan fingerprint density at radius 3 is 2.68 bits per heavy atom. The molecule has 0 saturated heterocycles. The Labute approximate surface area is 158 Å². The second-order valence-corrected chi connectivity index (χ2v) is 6.12. The number of hydrogen-bond acceptors (Lipinski definition) is 5. The van der Waals surface area contributed by atoms with Gasteiger partial charge in [-0.15, -0.1) is 5.10 Å². The van der Waals surface area contributed by atoms with Gasteiger partial charge in [0.1, 0.15) is 18.7 Å². The van der Waals surface area contributed by atoms with E-state index in [1.807, 2.05) is 18.2 Å². The average molecular weight is 378 g/mol. The van der Waals surface area contributed by atoms with Crippen LogP contribution in [-0.2, 0) is 11.3 Å². The standard InChI is InChI=1S/C19H15FN6O2/c1-24(14-7-3-2-4-8-14)16(27)11-25-12-21-18-17(19(25)28)22-23-26(18)15-9-5-6-13(20)10-15/h2-10,12H,11H2,1H3. The fourth-order valence-corrected chi connectivity index (χ4v) is 2.79. The molecule has 9 heteroatoms. The minimum Gasteiger partial charge on any atom is -0.314 e. The molecule has 0 spiro atoms. The monoisotopic (exact) mass is 378 g/mol. The van der Waals surface area contributed by atoms with Crippen molar-refractivity contribution in [3.63, 3.8) is 0 Å². The smallest absolute Gasteiger partial charge is 0.284 e. The maximum atomic E-state index is 13.5. The summed E-state index contributed by atoms with van der Waals surface area (Å²) in [7, 11) is 1.63. The van der Waals surface area contributed by atoms with Crippen molar-refractivity contribution in [2.45, 2.75) is 6.54 Å². The zero-order chi connectivity index (χ0) is 19.7. The van der Waals surface area contributed by atoms with Crippen LogP contribution in [0.25, 0.3) is 16.9 Å². The summed E-state index contributed by atoms with van der Waals surface area (Å²) >= 11 is 0. The van der Waals surface area contributed by atoms with E-state index in [1.54, 1.807) is 25.2 Å². The van der Waals surface area contributed by atoms with E-state index in [0.29, 0.717) is 11.4 Å². The van der Waals surface area contributed by atoms with Gasteiger partial charge < -0.3 is 4.90 Å². The van der Waals surface area contributed by atoms with E-state index in [-0.39, 0.29) is 23.6 Å². The third kappa shape index (κ3) is 3.13. The number of benzene rings is 2. The lowest BCUT2D eigenvalue weighted by atomic mass is 10.3. The molecule has 2 aromatic heterocycles. The Hall–Kier alpha value is -3.88. The lowest BCUT2D eigenvalue weighted by molar-refractivity contribution is -0.118. The highest BCUT2D eigenvalue weighted by atomic mass is 19.1. The number of para-hydroxylation sites is 1. The summed E-state index contributed by atoms with van der Waals surface area (Å²) in [5.74, 6) is -0.726. The molecule has 0 saturated carbocycles. The van der Waals surface area contributed by atoms with Crippen molar-refractivity contribution in [2.24, 2.45) is 0 Å². The van der Waals surface area contributed by atoms with E-state index in [2.05, 4.69) is 15.3 Å². The highest BCUT2D eigenvalue weighted by Crippen LogP contribution is 2.14. The van der Waals surface area contributed by atoms with Crippen LogP contribution in [0.1, 0.15) is 0 Å². The zero-order valence-electron chi connectivity index (χ0n) is 14.9. The van der Waals surface area contributed by atoms with Gasteiger partial charge in [-0.2, -0.15) is 4.68 Å². The van der Waals surface area contributed by atoms with Crippen molar-refractivity contribution in [1.29, 1.82) is 0 Å². The third-order valence-electron chi connectivity index (χ3n) is 4.31. The number of nitrogens with zero attached hydrogens (tertiary/aromatic N) is 6. The molecule has 2 heterocycles. The summed E-state index contributed by atoms with van der Waals surface area (Å²) in [5, 5.41) is 7.76. The van der Waals surface area contributed by atoms with E-state index in [1.165, 1.54) is 38.7 Å². The number of amides is 1. The van der Waals surface area contributed by atoms with Gasteiger partial charge in [0.2, 0.25) is 5.91 Å². The molecule has 28 heavy (non-hydrogen) atoms. The summed E-state index contributed by atoms with van der Waals surface area (Å²) < 4.78 is 15.9. The van der Waals surface area contributed by atoms with Crippen molar-refractivity contribution in [3.8, 4) is 5.69 Å². The number of anilines is 1. The van der Waals surface area contributed by atoms with E-state index in [9.17, 15) is 14.0 Å². The summed E-state index contributed by atoms with van der Waals surface area (Å²) in [6.07, 6.45) is 1.26. The first-order chi connectivity index (χ1) is 13.5. The third-order valence-corrected chi connectivity index (χ3v) is 4.31. The van der Waals surface area contributed by atoms with Crippen LogP contribution in [-0.4, -0.2) is 37.5 Å². The highest BCUT2D eigenvalue weighted by Gasteiger charge is 2.17. The Morgan fingerprint density at radius 2 is 1.93 bits per heavy atom. The van der Waals surface area contributed by atoms with Gasteiger partial charge in [-0.1, -0.05) is 29.5 Å². The zero-order valence-corrected chi connectivity index (χ0v) is 14.9. The van der Waals surface area contributed by atoms with Gasteiger partial charge in [0.05, 0.1) is 5.69 Å². The molecule has 0 atom stereocenters. The maximum Gasteiger partial charge on any atom is 0.284 e. The van der Waals surface area contributed by atoms with Crippen molar-refractivity contribution >= 4 is 22.8 Å². The fraction of sp³-hybridized carbons (Fsp3) is 0.105. The summed E-state index contributed by atoms with van der Waals surface area (Å²) in [6.45, 7) is -0.194. The maximum absolute atomic E-state index is 13.5.